The van der Waals surface area contributed by atoms with Crippen LogP contribution in [0.4, 0.5) is 13.2 Å². The summed E-state index contributed by atoms with van der Waals surface area (Å²) < 4.78 is 46.1. The van der Waals surface area contributed by atoms with Gasteiger partial charge in [-0.05, 0) is 29.3 Å². The van der Waals surface area contributed by atoms with E-state index in [4.69, 9.17) is 0 Å². The smallest absolute Gasteiger partial charge is 0.372 e. The number of hydrogen-bond acceptors (Lipinski definition) is 3. The third kappa shape index (κ3) is 3.38. The summed E-state index contributed by atoms with van der Waals surface area (Å²) in [5.74, 6) is -0.311. The van der Waals surface area contributed by atoms with Crippen LogP contribution in [0.25, 0.3) is 21.8 Å². The van der Waals surface area contributed by atoms with Gasteiger partial charge in [0, 0.05) is 35.1 Å². The van der Waals surface area contributed by atoms with E-state index in [2.05, 4.69) is 5.10 Å². The second-order valence-corrected chi connectivity index (χ2v) is 8.27. The van der Waals surface area contributed by atoms with Crippen molar-refractivity contribution in [1.29, 1.82) is 0 Å². The first-order valence-electron chi connectivity index (χ1n) is 10.6. The fourth-order valence-electron chi connectivity index (χ4n) is 4.40. The lowest BCUT2D eigenvalue weighted by atomic mass is 9.85. The highest BCUT2D eigenvalue weighted by molar-refractivity contribution is 5.92. The molecule has 0 amide bonds. The highest BCUT2D eigenvalue weighted by atomic mass is 19.4. The molecule has 0 saturated carbocycles. The lowest BCUT2D eigenvalue weighted by molar-refractivity contribution is -0.247. The van der Waals surface area contributed by atoms with E-state index in [0.29, 0.717) is 21.8 Å². The molecule has 2 heterocycles. The zero-order chi connectivity index (χ0) is 24.1. The Morgan fingerprint density at radius 2 is 1.68 bits per heavy atom. The van der Waals surface area contributed by atoms with E-state index in [1.54, 1.807) is 35.9 Å². The third-order valence-corrected chi connectivity index (χ3v) is 6.12. The van der Waals surface area contributed by atoms with Gasteiger partial charge < -0.3 is 9.67 Å². The normalized spacial score (nSPS) is 13.9. The molecule has 5 nitrogen and oxygen atoms in total. The first-order valence-corrected chi connectivity index (χ1v) is 10.6. The Morgan fingerprint density at radius 1 is 0.971 bits per heavy atom. The van der Waals surface area contributed by atoms with E-state index in [-0.39, 0.29) is 23.5 Å². The molecule has 0 saturated heterocycles. The first kappa shape index (κ1) is 21.9. The Balaban J connectivity index is 1.61. The van der Waals surface area contributed by atoms with Crippen LogP contribution in [0.15, 0.2) is 85.2 Å². The van der Waals surface area contributed by atoms with Crippen LogP contribution in [0.1, 0.15) is 21.5 Å². The minimum atomic E-state index is -5.00. The Kier molecular flexibility index (Phi) is 5.06. The molecule has 1 atom stereocenters. The molecule has 0 aliphatic rings. The van der Waals surface area contributed by atoms with Gasteiger partial charge >= 0.3 is 6.18 Å². The van der Waals surface area contributed by atoms with Gasteiger partial charge in [-0.3, -0.25) is 4.79 Å². The number of nitrogens with zero attached hydrogens (tertiary/aromatic N) is 3. The van der Waals surface area contributed by atoms with Gasteiger partial charge in [0.25, 0.3) is 5.91 Å². The van der Waals surface area contributed by atoms with Crippen molar-refractivity contribution in [2.24, 2.45) is 7.05 Å². The van der Waals surface area contributed by atoms with Crippen molar-refractivity contribution in [3.63, 3.8) is 0 Å². The van der Waals surface area contributed by atoms with E-state index in [0.717, 1.165) is 5.56 Å². The number of hydrogen-bond donors (Lipinski definition) is 1. The third-order valence-electron chi connectivity index (χ3n) is 6.12. The average Bonchev–Trinajstić information content (AvgIpc) is 3.40. The van der Waals surface area contributed by atoms with Gasteiger partial charge in [0.15, 0.2) is 0 Å². The summed E-state index contributed by atoms with van der Waals surface area (Å²) in [6.07, 6.45) is -2.26. The molecule has 1 N–H and O–H groups in total. The number of aryl methyl sites for hydroxylation is 1. The van der Waals surface area contributed by atoms with Gasteiger partial charge in [-0.2, -0.15) is 23.0 Å². The maximum absolute atomic E-state index is 14.5. The molecule has 0 bridgehead atoms. The van der Waals surface area contributed by atoms with Crippen molar-refractivity contribution >= 4 is 27.7 Å². The minimum absolute atomic E-state index is 0.0991. The van der Waals surface area contributed by atoms with Crippen molar-refractivity contribution in [3.8, 4) is 0 Å². The van der Waals surface area contributed by atoms with Gasteiger partial charge in [-0.15, -0.1) is 0 Å². The van der Waals surface area contributed by atoms with Gasteiger partial charge in [0.1, 0.15) is 0 Å². The van der Waals surface area contributed by atoms with E-state index in [9.17, 15) is 23.1 Å². The van der Waals surface area contributed by atoms with Crippen LogP contribution < -0.4 is 0 Å². The Hall–Kier alpha value is -3.91. The summed E-state index contributed by atoms with van der Waals surface area (Å²) >= 11 is 0. The summed E-state index contributed by atoms with van der Waals surface area (Å²) in [5.41, 5.74) is -2.12. The molecule has 0 aliphatic heterocycles. The standard InChI is InChI=1S/C26H20F3N3O2/c1-31-16-21(20-9-5-6-10-23(20)31)25(34,26(27,28)29)19-11-12-22-18(14-19)15-30-32(22)24(33)13-17-7-3-2-4-8-17/h2-12,14-16,34H,13H2,1H3. The number of para-hydroxylation sites is 1. The number of carbonyl (C=O) groups is 1. The average molecular weight is 463 g/mol. The zero-order valence-corrected chi connectivity index (χ0v) is 18.1. The highest BCUT2D eigenvalue weighted by Crippen LogP contribution is 2.47. The SMILES string of the molecule is Cn1cc(C(O)(c2ccc3c(cnn3C(=O)Cc3ccccc3)c2)C(F)(F)F)c2ccccc21. The first-order chi connectivity index (χ1) is 16.2. The molecule has 3 aromatic carbocycles. The van der Waals surface area contributed by atoms with Crippen LogP contribution in [-0.2, 0) is 19.1 Å². The van der Waals surface area contributed by atoms with Crippen LogP contribution in [-0.4, -0.2) is 31.5 Å². The quantitative estimate of drug-likeness (QED) is 0.398. The van der Waals surface area contributed by atoms with Crippen LogP contribution >= 0.6 is 0 Å². The summed E-state index contributed by atoms with van der Waals surface area (Å²) in [6.45, 7) is 0. The van der Waals surface area contributed by atoms with E-state index < -0.39 is 11.8 Å². The molecule has 0 fully saturated rings. The topological polar surface area (TPSA) is 60.0 Å². The highest BCUT2D eigenvalue weighted by Gasteiger charge is 2.57. The number of halogens is 3. The predicted octanol–water partition coefficient (Wildman–Crippen LogP) is 5.21. The molecule has 172 valence electrons. The number of fused-ring (bicyclic) bond motifs is 2. The van der Waals surface area contributed by atoms with Gasteiger partial charge in [0.2, 0.25) is 5.60 Å². The zero-order valence-electron chi connectivity index (χ0n) is 18.1. The Labute approximate surface area is 192 Å². The van der Waals surface area contributed by atoms with Crippen LogP contribution in [0.2, 0.25) is 0 Å². The summed E-state index contributed by atoms with van der Waals surface area (Å²) in [4.78, 5) is 12.8. The fraction of sp³-hybridized carbons (Fsp3) is 0.154. The maximum Gasteiger partial charge on any atom is 0.425 e. The number of carbonyl (C=O) groups excluding carboxylic acids is 1. The summed E-state index contributed by atoms with van der Waals surface area (Å²) in [6, 6.07) is 19.6. The van der Waals surface area contributed by atoms with E-state index in [1.807, 2.05) is 30.3 Å². The van der Waals surface area contributed by atoms with Gasteiger partial charge in [-0.25, -0.2) is 0 Å². The molecular formula is C26H20F3N3O2. The van der Waals surface area contributed by atoms with Crippen molar-refractivity contribution in [3.05, 3.63) is 102 Å². The fourth-order valence-corrected chi connectivity index (χ4v) is 4.40. The summed E-state index contributed by atoms with van der Waals surface area (Å²) in [7, 11) is 1.63. The maximum atomic E-state index is 14.5. The molecule has 1 unspecified atom stereocenters. The number of benzene rings is 3. The van der Waals surface area contributed by atoms with E-state index >= 15 is 0 Å². The van der Waals surface area contributed by atoms with Crippen molar-refractivity contribution < 1.29 is 23.1 Å². The molecule has 2 aromatic heterocycles. The Bertz CT molecular complexity index is 1520. The number of alkyl halides is 3. The molecule has 0 aliphatic carbocycles. The predicted molar refractivity (Wildman–Crippen MR) is 122 cm³/mol. The second kappa shape index (κ2) is 7.85. The molecule has 5 aromatic rings. The largest absolute Gasteiger partial charge is 0.425 e. The molecule has 5 rings (SSSR count). The molecule has 0 spiro atoms. The van der Waals surface area contributed by atoms with Gasteiger partial charge in [0.05, 0.1) is 18.1 Å². The Morgan fingerprint density at radius 3 is 2.41 bits per heavy atom. The molecular weight excluding hydrogens is 443 g/mol. The number of aliphatic hydroxyl groups is 1. The molecule has 34 heavy (non-hydrogen) atoms. The number of rotatable bonds is 4. The number of aromatic nitrogens is 3. The van der Waals surface area contributed by atoms with Crippen LogP contribution in [0.5, 0.6) is 0 Å². The van der Waals surface area contributed by atoms with Crippen molar-refractivity contribution in [2.45, 2.75) is 18.2 Å². The van der Waals surface area contributed by atoms with E-state index in [1.165, 1.54) is 35.3 Å². The lowest BCUT2D eigenvalue weighted by Gasteiger charge is -2.31. The van der Waals surface area contributed by atoms with Crippen LogP contribution in [0.3, 0.4) is 0 Å². The monoisotopic (exact) mass is 463 g/mol. The molecule has 0 radical (unpaired) electrons. The lowest BCUT2D eigenvalue weighted by Crippen LogP contribution is -2.43. The van der Waals surface area contributed by atoms with Crippen molar-refractivity contribution in [2.75, 3.05) is 0 Å². The molecule has 8 heteroatoms. The minimum Gasteiger partial charge on any atom is -0.372 e. The van der Waals surface area contributed by atoms with Crippen molar-refractivity contribution in [1.82, 2.24) is 14.3 Å². The second-order valence-electron chi connectivity index (χ2n) is 8.27. The summed E-state index contributed by atoms with van der Waals surface area (Å²) in [5, 5.41) is 16.0. The van der Waals surface area contributed by atoms with Gasteiger partial charge in [-0.1, -0.05) is 54.6 Å². The van der Waals surface area contributed by atoms with Crippen LogP contribution in [0, 0.1) is 0 Å².